The molecule has 0 saturated heterocycles. The minimum Gasteiger partial charge on any atom is -0.465 e. The van der Waals surface area contributed by atoms with Crippen molar-refractivity contribution in [2.45, 2.75) is 20.0 Å². The molecule has 3 rings (SSSR count). The molecule has 0 amide bonds. The van der Waals surface area contributed by atoms with E-state index in [0.717, 1.165) is 36.0 Å². The van der Waals surface area contributed by atoms with Gasteiger partial charge in [0.1, 0.15) is 17.2 Å². The number of pyridine rings is 1. The zero-order valence-electron chi connectivity index (χ0n) is 10.3. The zero-order chi connectivity index (χ0) is 12.4. The number of fused-ring (bicyclic) bond motifs is 1. The van der Waals surface area contributed by atoms with Gasteiger partial charge in [-0.05, 0) is 31.2 Å². The number of hydrogen-bond acceptors (Lipinski definition) is 3. The molecule has 0 bridgehead atoms. The second kappa shape index (κ2) is 4.66. The number of nitrogens with zero attached hydrogens (tertiary/aromatic N) is 2. The lowest BCUT2D eigenvalue weighted by Gasteiger charge is -1.98. The molecule has 0 spiro atoms. The van der Waals surface area contributed by atoms with E-state index in [2.05, 4.69) is 10.3 Å². The van der Waals surface area contributed by atoms with Crippen molar-refractivity contribution >= 4 is 5.65 Å². The summed E-state index contributed by atoms with van der Waals surface area (Å²) in [6.45, 7) is 3.41. The van der Waals surface area contributed by atoms with E-state index in [1.54, 1.807) is 0 Å². The Morgan fingerprint density at radius 1 is 1.22 bits per heavy atom. The lowest BCUT2D eigenvalue weighted by molar-refractivity contribution is 0.461. The van der Waals surface area contributed by atoms with E-state index in [-0.39, 0.29) is 0 Å². The normalized spacial score (nSPS) is 11.2. The second-order valence-corrected chi connectivity index (χ2v) is 4.31. The molecule has 0 aromatic carbocycles. The minimum atomic E-state index is 0.724. The van der Waals surface area contributed by atoms with Gasteiger partial charge in [-0.15, -0.1) is 0 Å². The van der Waals surface area contributed by atoms with Crippen LogP contribution in [-0.4, -0.2) is 9.38 Å². The molecule has 4 nitrogen and oxygen atoms in total. The lowest BCUT2D eigenvalue weighted by Crippen LogP contribution is -2.12. The first-order valence-corrected chi connectivity index (χ1v) is 6.00. The van der Waals surface area contributed by atoms with Gasteiger partial charge in [0.05, 0.1) is 12.2 Å². The van der Waals surface area contributed by atoms with Crippen molar-refractivity contribution in [1.29, 1.82) is 0 Å². The lowest BCUT2D eigenvalue weighted by atomic mass is 10.4. The van der Waals surface area contributed by atoms with Crippen molar-refractivity contribution in [3.8, 4) is 0 Å². The summed E-state index contributed by atoms with van der Waals surface area (Å²) in [4.78, 5) is 4.52. The third-order valence-electron chi connectivity index (χ3n) is 2.82. The van der Waals surface area contributed by atoms with Gasteiger partial charge in [0.2, 0.25) is 0 Å². The first-order chi connectivity index (χ1) is 8.81. The average Bonchev–Trinajstić information content (AvgIpc) is 2.95. The van der Waals surface area contributed by atoms with Crippen molar-refractivity contribution in [2.75, 3.05) is 0 Å². The van der Waals surface area contributed by atoms with Crippen LogP contribution in [0.3, 0.4) is 0 Å². The van der Waals surface area contributed by atoms with Gasteiger partial charge in [-0.3, -0.25) is 0 Å². The van der Waals surface area contributed by atoms with E-state index < -0.39 is 0 Å². The predicted molar refractivity (Wildman–Crippen MR) is 69.2 cm³/mol. The molecular formula is C14H15N3O. The first kappa shape index (κ1) is 11.0. The highest BCUT2D eigenvalue weighted by Gasteiger charge is 2.01. The van der Waals surface area contributed by atoms with E-state index in [9.17, 15) is 0 Å². The fourth-order valence-electron chi connectivity index (χ4n) is 1.97. The number of aryl methyl sites for hydroxylation is 1. The third-order valence-corrected chi connectivity index (χ3v) is 2.82. The number of hydrogen-bond donors (Lipinski definition) is 1. The first-order valence-electron chi connectivity index (χ1n) is 6.00. The number of furan rings is 1. The highest BCUT2D eigenvalue weighted by Crippen LogP contribution is 2.07. The molecule has 3 heterocycles. The van der Waals surface area contributed by atoms with Crippen LogP contribution in [0.15, 0.2) is 47.1 Å². The molecule has 92 valence electrons. The summed E-state index contributed by atoms with van der Waals surface area (Å²) in [5, 5.41) is 3.32. The molecule has 0 aliphatic carbocycles. The van der Waals surface area contributed by atoms with Gasteiger partial charge in [-0.1, -0.05) is 6.07 Å². The summed E-state index contributed by atoms with van der Waals surface area (Å²) >= 11 is 0. The molecule has 4 heteroatoms. The maximum Gasteiger partial charge on any atom is 0.137 e. The summed E-state index contributed by atoms with van der Waals surface area (Å²) < 4.78 is 7.51. The fraction of sp³-hybridized carbons (Fsp3) is 0.214. The van der Waals surface area contributed by atoms with E-state index in [0.29, 0.717) is 0 Å². The van der Waals surface area contributed by atoms with E-state index in [1.807, 2.05) is 54.0 Å². The van der Waals surface area contributed by atoms with Crippen LogP contribution in [0, 0.1) is 6.92 Å². The monoisotopic (exact) mass is 241 g/mol. The highest BCUT2D eigenvalue weighted by molar-refractivity contribution is 5.39. The van der Waals surface area contributed by atoms with Crippen molar-refractivity contribution in [1.82, 2.24) is 14.7 Å². The smallest absolute Gasteiger partial charge is 0.137 e. The zero-order valence-corrected chi connectivity index (χ0v) is 10.3. The summed E-state index contributed by atoms with van der Waals surface area (Å²) in [6, 6.07) is 9.95. The van der Waals surface area contributed by atoms with Gasteiger partial charge in [-0.25, -0.2) is 4.98 Å². The standard InChI is InChI=1S/C14H15N3O/c1-11-5-6-13(18-11)9-15-8-12-10-17-7-3-2-4-14(17)16-12/h2-7,10,15H,8-9H2,1H3. The number of imidazole rings is 1. The van der Waals surface area contributed by atoms with Crippen LogP contribution >= 0.6 is 0 Å². The van der Waals surface area contributed by atoms with E-state index >= 15 is 0 Å². The second-order valence-electron chi connectivity index (χ2n) is 4.31. The minimum absolute atomic E-state index is 0.724. The van der Waals surface area contributed by atoms with E-state index in [4.69, 9.17) is 4.42 Å². The topological polar surface area (TPSA) is 42.5 Å². The maximum absolute atomic E-state index is 5.49. The quantitative estimate of drug-likeness (QED) is 0.763. The molecule has 18 heavy (non-hydrogen) atoms. The van der Waals surface area contributed by atoms with Crippen LogP contribution in [-0.2, 0) is 13.1 Å². The van der Waals surface area contributed by atoms with Crippen LogP contribution < -0.4 is 5.32 Å². The van der Waals surface area contributed by atoms with Gasteiger partial charge < -0.3 is 14.1 Å². The molecule has 1 N–H and O–H groups in total. The Kier molecular flexibility index (Phi) is 2.86. The van der Waals surface area contributed by atoms with Gasteiger partial charge in [0, 0.05) is 18.9 Å². The third kappa shape index (κ3) is 2.28. The average molecular weight is 241 g/mol. The molecule has 0 unspecified atom stereocenters. The van der Waals surface area contributed by atoms with Crippen LogP contribution in [0.1, 0.15) is 17.2 Å². The van der Waals surface area contributed by atoms with Crippen molar-refractivity contribution < 1.29 is 4.42 Å². The summed E-state index contributed by atoms with van der Waals surface area (Å²) in [6.07, 6.45) is 4.04. The van der Waals surface area contributed by atoms with Crippen molar-refractivity contribution in [3.63, 3.8) is 0 Å². The molecule has 0 radical (unpaired) electrons. The molecule has 0 atom stereocenters. The molecule has 0 saturated carbocycles. The Hall–Kier alpha value is -2.07. The number of aromatic nitrogens is 2. The Morgan fingerprint density at radius 2 is 2.17 bits per heavy atom. The highest BCUT2D eigenvalue weighted by atomic mass is 16.3. The van der Waals surface area contributed by atoms with Crippen LogP contribution in [0.4, 0.5) is 0 Å². The van der Waals surface area contributed by atoms with E-state index in [1.165, 1.54) is 0 Å². The Balaban J connectivity index is 1.62. The van der Waals surface area contributed by atoms with Crippen LogP contribution in [0.2, 0.25) is 0 Å². The Bertz CT molecular complexity index is 621. The molecule has 0 aliphatic rings. The molecule has 0 aliphatic heterocycles. The van der Waals surface area contributed by atoms with Crippen LogP contribution in [0.25, 0.3) is 5.65 Å². The predicted octanol–water partition coefficient (Wildman–Crippen LogP) is 2.53. The number of nitrogens with one attached hydrogen (secondary N) is 1. The van der Waals surface area contributed by atoms with Crippen molar-refractivity contribution in [2.24, 2.45) is 0 Å². The molecule has 3 aromatic rings. The number of rotatable bonds is 4. The maximum atomic E-state index is 5.49. The summed E-state index contributed by atoms with van der Waals surface area (Å²) in [7, 11) is 0. The van der Waals surface area contributed by atoms with Gasteiger partial charge >= 0.3 is 0 Å². The van der Waals surface area contributed by atoms with Gasteiger partial charge in [0.15, 0.2) is 0 Å². The molecular weight excluding hydrogens is 226 g/mol. The molecule has 3 aromatic heterocycles. The Labute approximate surface area is 105 Å². The van der Waals surface area contributed by atoms with Gasteiger partial charge in [0.25, 0.3) is 0 Å². The SMILES string of the molecule is Cc1ccc(CNCc2cn3ccccc3n2)o1. The largest absolute Gasteiger partial charge is 0.465 e. The van der Waals surface area contributed by atoms with Gasteiger partial charge in [-0.2, -0.15) is 0 Å². The Morgan fingerprint density at radius 3 is 2.94 bits per heavy atom. The summed E-state index contributed by atoms with van der Waals surface area (Å²) in [5.41, 5.74) is 2.01. The fourth-order valence-corrected chi connectivity index (χ4v) is 1.97. The van der Waals surface area contributed by atoms with Crippen molar-refractivity contribution in [3.05, 3.63) is 59.9 Å². The summed E-state index contributed by atoms with van der Waals surface area (Å²) in [5.74, 6) is 1.90. The van der Waals surface area contributed by atoms with Crippen LogP contribution in [0.5, 0.6) is 0 Å². The molecule has 0 fully saturated rings.